The highest BCUT2D eigenvalue weighted by atomic mass is 28.3. The van der Waals surface area contributed by atoms with E-state index in [9.17, 15) is 27.2 Å². The minimum atomic E-state index is -4.87. The van der Waals surface area contributed by atoms with Gasteiger partial charge in [0.15, 0.2) is 0 Å². The van der Waals surface area contributed by atoms with Gasteiger partial charge in [-0.25, -0.2) is 13.8 Å². The van der Waals surface area contributed by atoms with E-state index in [4.69, 9.17) is 0 Å². The third-order valence-corrected chi connectivity index (χ3v) is 4.26. The molecular weight excluding hydrogens is 368 g/mol. The third-order valence-electron chi connectivity index (χ3n) is 3.38. The van der Waals surface area contributed by atoms with Gasteiger partial charge in [-0.2, -0.15) is 13.2 Å². The van der Waals surface area contributed by atoms with E-state index < -0.39 is 42.7 Å². The van der Waals surface area contributed by atoms with Crippen LogP contribution in [-0.2, 0) is 13.2 Å². The van der Waals surface area contributed by atoms with E-state index in [-0.39, 0.29) is 10.6 Å². The fourth-order valence-corrected chi connectivity index (χ4v) is 2.66. The number of benzene rings is 1. The van der Waals surface area contributed by atoms with Crippen molar-refractivity contribution in [2.75, 3.05) is 0 Å². The molecule has 9 heteroatoms. The minimum absolute atomic E-state index is 0.264. The molecule has 2 rings (SSSR count). The topological polar surface area (TPSA) is 44.0 Å². The first-order valence-electron chi connectivity index (χ1n) is 7.54. The molecule has 0 unspecified atom stereocenters. The molecule has 0 saturated heterocycles. The second kappa shape index (κ2) is 6.61. The highest BCUT2D eigenvalue weighted by Crippen LogP contribution is 2.27. The molecular formula is C17H16F4N2O2Si. The number of aromatic nitrogens is 2. The first kappa shape index (κ1) is 19.7. The summed E-state index contributed by atoms with van der Waals surface area (Å²) in [5.41, 5.74) is -0.984. The summed E-state index contributed by atoms with van der Waals surface area (Å²) in [6.45, 7) is 6.03. The van der Waals surface area contributed by atoms with Gasteiger partial charge in [-0.05, 0) is 18.2 Å². The van der Waals surface area contributed by atoms with Gasteiger partial charge in [-0.1, -0.05) is 25.6 Å². The van der Waals surface area contributed by atoms with Crippen LogP contribution in [0.25, 0.3) is 5.69 Å². The Labute approximate surface area is 147 Å². The highest BCUT2D eigenvalue weighted by molar-refractivity contribution is 6.83. The molecule has 2 aromatic rings. The Bertz CT molecular complexity index is 1030. The monoisotopic (exact) mass is 384 g/mol. The smallest absolute Gasteiger partial charge is 0.292 e. The summed E-state index contributed by atoms with van der Waals surface area (Å²) in [5, 5.41) is 0. The van der Waals surface area contributed by atoms with Gasteiger partial charge < -0.3 is 0 Å². The Morgan fingerprint density at radius 3 is 2.19 bits per heavy atom. The number of hydrogen-bond acceptors (Lipinski definition) is 2. The van der Waals surface area contributed by atoms with Crippen molar-refractivity contribution < 1.29 is 17.6 Å². The van der Waals surface area contributed by atoms with Crippen LogP contribution in [0.1, 0.15) is 11.3 Å². The lowest BCUT2D eigenvalue weighted by atomic mass is 10.2. The zero-order valence-corrected chi connectivity index (χ0v) is 15.5. The Morgan fingerprint density at radius 1 is 1.08 bits per heavy atom. The van der Waals surface area contributed by atoms with E-state index >= 15 is 0 Å². The van der Waals surface area contributed by atoms with Crippen LogP contribution in [0.3, 0.4) is 0 Å². The van der Waals surface area contributed by atoms with Crippen molar-refractivity contribution in [2.45, 2.75) is 25.8 Å². The second-order valence-electron chi connectivity index (χ2n) is 6.71. The Kier molecular flexibility index (Phi) is 5.01. The summed E-state index contributed by atoms with van der Waals surface area (Å²) < 4.78 is 53.6. The van der Waals surface area contributed by atoms with E-state index in [2.05, 4.69) is 11.5 Å². The molecule has 0 saturated carbocycles. The molecule has 0 atom stereocenters. The summed E-state index contributed by atoms with van der Waals surface area (Å²) in [6, 6.07) is 3.88. The SMILES string of the molecule is Cn1c(C(F)(F)F)cc(=O)n(-c2ccc(C#C[Si](C)(C)C)cc2F)c1=O. The summed E-state index contributed by atoms with van der Waals surface area (Å²) >= 11 is 0. The molecule has 0 aliphatic heterocycles. The van der Waals surface area contributed by atoms with Gasteiger partial charge in [0.1, 0.15) is 19.6 Å². The summed E-state index contributed by atoms with van der Waals surface area (Å²) in [7, 11) is -0.815. The normalized spacial score (nSPS) is 11.8. The van der Waals surface area contributed by atoms with Crippen molar-refractivity contribution in [2.24, 2.45) is 7.05 Å². The van der Waals surface area contributed by atoms with Gasteiger partial charge >= 0.3 is 11.9 Å². The van der Waals surface area contributed by atoms with Crippen molar-refractivity contribution in [3.8, 4) is 17.2 Å². The lowest BCUT2D eigenvalue weighted by Crippen LogP contribution is -2.41. The van der Waals surface area contributed by atoms with Gasteiger partial charge in [0.25, 0.3) is 5.56 Å². The van der Waals surface area contributed by atoms with Gasteiger partial charge in [0.2, 0.25) is 0 Å². The van der Waals surface area contributed by atoms with Crippen molar-refractivity contribution >= 4 is 8.07 Å². The van der Waals surface area contributed by atoms with Crippen LogP contribution in [0.5, 0.6) is 0 Å². The fraction of sp³-hybridized carbons (Fsp3) is 0.294. The fourth-order valence-electron chi connectivity index (χ4n) is 2.15. The van der Waals surface area contributed by atoms with Crippen LogP contribution in [0.2, 0.25) is 19.6 Å². The van der Waals surface area contributed by atoms with Gasteiger partial charge in [-0.15, -0.1) is 5.54 Å². The predicted molar refractivity (Wildman–Crippen MR) is 92.5 cm³/mol. The molecule has 1 aromatic carbocycles. The Morgan fingerprint density at radius 2 is 1.69 bits per heavy atom. The average Bonchev–Trinajstić information content (AvgIpc) is 2.49. The van der Waals surface area contributed by atoms with E-state index in [0.29, 0.717) is 10.1 Å². The maximum absolute atomic E-state index is 14.4. The van der Waals surface area contributed by atoms with E-state index in [1.807, 2.05) is 19.6 Å². The molecule has 1 heterocycles. The van der Waals surface area contributed by atoms with E-state index in [1.165, 1.54) is 6.07 Å². The molecule has 4 nitrogen and oxygen atoms in total. The molecule has 0 spiro atoms. The molecule has 26 heavy (non-hydrogen) atoms. The number of rotatable bonds is 1. The lowest BCUT2D eigenvalue weighted by molar-refractivity contribution is -0.144. The number of alkyl halides is 3. The molecule has 0 amide bonds. The van der Waals surface area contributed by atoms with Crippen LogP contribution in [0, 0.1) is 17.3 Å². The van der Waals surface area contributed by atoms with Gasteiger partial charge in [0.05, 0.1) is 5.69 Å². The van der Waals surface area contributed by atoms with Gasteiger partial charge in [-0.3, -0.25) is 9.36 Å². The first-order valence-corrected chi connectivity index (χ1v) is 11.0. The van der Waals surface area contributed by atoms with Crippen LogP contribution < -0.4 is 11.2 Å². The molecule has 0 aliphatic carbocycles. The molecule has 0 radical (unpaired) electrons. The maximum Gasteiger partial charge on any atom is 0.431 e. The largest absolute Gasteiger partial charge is 0.431 e. The highest BCUT2D eigenvalue weighted by Gasteiger charge is 2.35. The Hall–Kier alpha value is -2.60. The van der Waals surface area contributed by atoms with Crippen molar-refractivity contribution in [3.63, 3.8) is 0 Å². The van der Waals surface area contributed by atoms with Crippen molar-refractivity contribution in [3.05, 3.63) is 62.2 Å². The third kappa shape index (κ3) is 4.14. The average molecular weight is 384 g/mol. The first-order chi connectivity index (χ1) is 11.8. The lowest BCUT2D eigenvalue weighted by Gasteiger charge is -2.14. The zero-order chi connectivity index (χ0) is 19.9. The van der Waals surface area contributed by atoms with E-state index in [0.717, 1.165) is 19.2 Å². The molecule has 0 fully saturated rings. The number of halogens is 4. The quantitative estimate of drug-likeness (QED) is 0.431. The van der Waals surface area contributed by atoms with Crippen LogP contribution in [0.15, 0.2) is 33.9 Å². The van der Waals surface area contributed by atoms with Crippen molar-refractivity contribution in [1.29, 1.82) is 0 Å². The molecule has 0 aliphatic rings. The summed E-state index contributed by atoms with van der Waals surface area (Å²) in [5.74, 6) is 1.90. The Balaban J connectivity index is 2.63. The van der Waals surface area contributed by atoms with E-state index in [1.54, 1.807) is 0 Å². The minimum Gasteiger partial charge on any atom is -0.292 e. The van der Waals surface area contributed by atoms with Gasteiger partial charge in [0, 0.05) is 18.7 Å². The number of hydrogen-bond donors (Lipinski definition) is 0. The predicted octanol–water partition coefficient (Wildman–Crippen LogP) is 2.92. The second-order valence-corrected chi connectivity index (χ2v) is 11.5. The summed E-state index contributed by atoms with van der Waals surface area (Å²) in [4.78, 5) is 24.2. The maximum atomic E-state index is 14.4. The molecule has 0 N–H and O–H groups in total. The molecule has 1 aromatic heterocycles. The summed E-state index contributed by atoms with van der Waals surface area (Å²) in [6.07, 6.45) is -4.87. The van der Waals surface area contributed by atoms with Crippen LogP contribution >= 0.6 is 0 Å². The van der Waals surface area contributed by atoms with Crippen molar-refractivity contribution in [1.82, 2.24) is 9.13 Å². The van der Waals surface area contributed by atoms with Crippen LogP contribution in [-0.4, -0.2) is 17.2 Å². The standard InChI is InChI=1S/C17H16F4N2O2Si/c1-22-14(17(19,20)21)10-15(24)23(16(22)25)13-6-5-11(9-12(13)18)7-8-26(2,3)4/h5-6,9-10H,1-4H3. The molecule has 138 valence electrons. The number of nitrogens with zero attached hydrogens (tertiary/aromatic N) is 2. The zero-order valence-electron chi connectivity index (χ0n) is 14.5. The molecule has 0 bridgehead atoms. The van der Waals surface area contributed by atoms with Crippen LogP contribution in [0.4, 0.5) is 17.6 Å².